The summed E-state index contributed by atoms with van der Waals surface area (Å²) in [6.07, 6.45) is 11.4. The Morgan fingerprint density at radius 2 is 1.76 bits per heavy atom. The van der Waals surface area contributed by atoms with E-state index in [1.165, 1.54) is 62.4 Å². The number of hydrogen-bond donors (Lipinski definition) is 2. The molecule has 6 heteroatoms. The number of hydrogen-bond acceptors (Lipinski definition) is 4. The van der Waals surface area contributed by atoms with Gasteiger partial charge >= 0.3 is 6.03 Å². The van der Waals surface area contributed by atoms with Crippen LogP contribution in [-0.2, 0) is 6.42 Å². The van der Waals surface area contributed by atoms with Crippen LogP contribution in [0.4, 0.5) is 10.5 Å². The van der Waals surface area contributed by atoms with Crippen LogP contribution in [-0.4, -0.2) is 68.3 Å². The molecule has 220 valence electrons. The number of nitrogens with zero attached hydrogens (tertiary/aromatic N) is 2. The summed E-state index contributed by atoms with van der Waals surface area (Å²) in [7, 11) is 3.99. The van der Waals surface area contributed by atoms with Crippen LogP contribution in [0, 0.1) is 5.92 Å². The normalized spacial score (nSPS) is 19.0. The van der Waals surface area contributed by atoms with Gasteiger partial charge in [0, 0.05) is 37.4 Å². The van der Waals surface area contributed by atoms with Crippen LogP contribution in [0.25, 0.3) is 10.8 Å². The van der Waals surface area contributed by atoms with E-state index < -0.39 is 0 Å². The lowest BCUT2D eigenvalue weighted by Crippen LogP contribution is -2.48. The number of likely N-dealkylation sites (N-methyl/N-ethyl adjacent to an activating group) is 1. The number of benzene rings is 3. The molecular weight excluding hydrogens is 508 g/mol. The average Bonchev–Trinajstić information content (AvgIpc) is 3.45. The van der Waals surface area contributed by atoms with Gasteiger partial charge in [-0.2, -0.15) is 0 Å². The van der Waals surface area contributed by atoms with Gasteiger partial charge in [0.15, 0.2) is 0 Å². The first-order valence-corrected chi connectivity index (χ1v) is 15.7. The highest BCUT2D eigenvalue weighted by atomic mass is 16.5. The van der Waals surface area contributed by atoms with E-state index >= 15 is 0 Å². The van der Waals surface area contributed by atoms with Crippen molar-refractivity contribution in [3.63, 3.8) is 0 Å². The second-order valence-corrected chi connectivity index (χ2v) is 12.2. The van der Waals surface area contributed by atoms with Gasteiger partial charge in [0.2, 0.25) is 0 Å². The lowest BCUT2D eigenvalue weighted by molar-refractivity contribution is 0.136. The standard InChI is InChI=1S/C35H48N4O2/c1-38(26-32-13-8-21-39(32)22-20-27-14-18-34(41-2)19-15-27)33(23-28-9-4-3-5-10-28)25-36-35(40)37-31-17-16-29-11-6-7-12-30(29)24-31/h6-7,11-12,14-19,24,28,32-33H,3-5,8-10,13,20-23,25-26H2,1-2H3,(H2,36,37,40)/t32-,33-/m1/s1. The molecule has 2 atom stereocenters. The maximum atomic E-state index is 13.0. The lowest BCUT2D eigenvalue weighted by atomic mass is 9.84. The molecule has 1 aliphatic carbocycles. The van der Waals surface area contributed by atoms with Crippen molar-refractivity contribution < 1.29 is 9.53 Å². The van der Waals surface area contributed by atoms with E-state index in [-0.39, 0.29) is 6.03 Å². The molecule has 1 aliphatic heterocycles. The maximum Gasteiger partial charge on any atom is 0.319 e. The average molecular weight is 557 g/mol. The topological polar surface area (TPSA) is 56.8 Å². The fraction of sp³-hybridized carbons (Fsp3) is 0.514. The molecule has 2 N–H and O–H groups in total. The minimum Gasteiger partial charge on any atom is -0.497 e. The van der Waals surface area contributed by atoms with Crippen LogP contribution in [0.5, 0.6) is 5.75 Å². The molecule has 5 rings (SSSR count). The number of carbonyl (C=O) groups is 1. The van der Waals surface area contributed by atoms with Crippen molar-refractivity contribution in [1.29, 1.82) is 0 Å². The first-order chi connectivity index (χ1) is 20.1. The fourth-order valence-corrected chi connectivity index (χ4v) is 6.82. The van der Waals surface area contributed by atoms with Crippen molar-refractivity contribution >= 4 is 22.5 Å². The number of likely N-dealkylation sites (tertiary alicyclic amines) is 1. The third kappa shape index (κ3) is 8.46. The smallest absolute Gasteiger partial charge is 0.319 e. The molecule has 2 fully saturated rings. The van der Waals surface area contributed by atoms with Gasteiger partial charge < -0.3 is 20.3 Å². The highest BCUT2D eigenvalue weighted by Crippen LogP contribution is 2.29. The highest BCUT2D eigenvalue weighted by molar-refractivity contribution is 5.93. The highest BCUT2D eigenvalue weighted by Gasteiger charge is 2.29. The molecule has 1 heterocycles. The molecule has 3 aromatic carbocycles. The zero-order chi connectivity index (χ0) is 28.4. The van der Waals surface area contributed by atoms with E-state index in [2.05, 4.69) is 69.9 Å². The Morgan fingerprint density at radius 1 is 0.976 bits per heavy atom. The van der Waals surface area contributed by atoms with Gasteiger partial charge in [0.25, 0.3) is 0 Å². The van der Waals surface area contributed by atoms with Crippen molar-refractivity contribution in [1.82, 2.24) is 15.1 Å². The van der Waals surface area contributed by atoms with Crippen LogP contribution >= 0.6 is 0 Å². The molecule has 41 heavy (non-hydrogen) atoms. The minimum atomic E-state index is -0.121. The molecule has 6 nitrogen and oxygen atoms in total. The Hall–Kier alpha value is -3.09. The van der Waals surface area contributed by atoms with Crippen molar-refractivity contribution in [3.8, 4) is 5.75 Å². The Balaban J connectivity index is 1.16. The minimum absolute atomic E-state index is 0.121. The van der Waals surface area contributed by atoms with Gasteiger partial charge in [-0.25, -0.2) is 4.79 Å². The number of rotatable bonds is 12. The van der Waals surface area contributed by atoms with Crippen LogP contribution in [0.1, 0.15) is 56.9 Å². The Labute approximate surface area is 246 Å². The molecule has 3 aromatic rings. The summed E-state index contributed by atoms with van der Waals surface area (Å²) < 4.78 is 5.32. The number of nitrogens with one attached hydrogen (secondary N) is 2. The predicted octanol–water partition coefficient (Wildman–Crippen LogP) is 6.95. The summed E-state index contributed by atoms with van der Waals surface area (Å²) in [6.45, 7) is 3.98. The Bertz CT molecular complexity index is 1240. The second kappa shape index (κ2) is 14.7. The molecule has 0 radical (unpaired) electrons. The zero-order valence-electron chi connectivity index (χ0n) is 25.0. The van der Waals surface area contributed by atoms with Crippen LogP contribution < -0.4 is 15.4 Å². The summed E-state index contributed by atoms with van der Waals surface area (Å²) in [4.78, 5) is 18.2. The summed E-state index contributed by atoms with van der Waals surface area (Å²) in [5.74, 6) is 1.68. The van der Waals surface area contributed by atoms with E-state index in [0.29, 0.717) is 18.6 Å². The molecule has 1 saturated heterocycles. The van der Waals surface area contributed by atoms with Crippen LogP contribution in [0.2, 0.25) is 0 Å². The van der Waals surface area contributed by atoms with Gasteiger partial charge in [0.05, 0.1) is 7.11 Å². The first kappa shape index (κ1) is 29.4. The molecule has 0 spiro atoms. The Kier molecular flexibility index (Phi) is 10.5. The molecule has 0 aromatic heterocycles. The van der Waals surface area contributed by atoms with E-state index in [1.807, 2.05) is 24.3 Å². The number of fused-ring (bicyclic) bond motifs is 1. The lowest BCUT2D eigenvalue weighted by Gasteiger charge is -2.36. The summed E-state index contributed by atoms with van der Waals surface area (Å²) in [5.41, 5.74) is 2.19. The molecule has 0 bridgehead atoms. The first-order valence-electron chi connectivity index (χ1n) is 15.7. The van der Waals surface area contributed by atoms with E-state index in [4.69, 9.17) is 4.74 Å². The molecule has 2 aliphatic rings. The fourth-order valence-electron chi connectivity index (χ4n) is 6.82. The van der Waals surface area contributed by atoms with E-state index in [0.717, 1.165) is 48.7 Å². The van der Waals surface area contributed by atoms with Crippen molar-refractivity contribution in [2.24, 2.45) is 5.92 Å². The third-order valence-electron chi connectivity index (χ3n) is 9.30. The van der Waals surface area contributed by atoms with Crippen molar-refractivity contribution in [2.45, 2.75) is 69.9 Å². The summed E-state index contributed by atoms with van der Waals surface area (Å²) in [5, 5.41) is 8.60. The van der Waals surface area contributed by atoms with Crippen LogP contribution in [0.3, 0.4) is 0 Å². The summed E-state index contributed by atoms with van der Waals surface area (Å²) in [6, 6.07) is 23.6. The third-order valence-corrected chi connectivity index (χ3v) is 9.30. The molecular formula is C35H48N4O2. The summed E-state index contributed by atoms with van der Waals surface area (Å²) >= 11 is 0. The SMILES string of the molecule is COc1ccc(CCN2CCC[C@@H]2CN(C)[C@@H](CNC(=O)Nc2ccc3ccccc3c2)CC2CCCCC2)cc1. The number of urea groups is 1. The van der Waals surface area contributed by atoms with Gasteiger partial charge in [-0.3, -0.25) is 4.90 Å². The molecule has 0 unspecified atom stereocenters. The van der Waals surface area contributed by atoms with Gasteiger partial charge in [-0.05, 0) is 85.8 Å². The van der Waals surface area contributed by atoms with Crippen molar-refractivity contribution in [3.05, 3.63) is 72.3 Å². The molecule has 1 saturated carbocycles. The maximum absolute atomic E-state index is 13.0. The number of ether oxygens (including phenoxy) is 1. The monoisotopic (exact) mass is 556 g/mol. The van der Waals surface area contributed by atoms with E-state index in [1.54, 1.807) is 7.11 Å². The Morgan fingerprint density at radius 3 is 2.54 bits per heavy atom. The van der Waals surface area contributed by atoms with Gasteiger partial charge in [0.1, 0.15) is 5.75 Å². The van der Waals surface area contributed by atoms with Crippen molar-refractivity contribution in [2.75, 3.05) is 45.7 Å². The quantitative estimate of drug-likeness (QED) is 0.254. The van der Waals surface area contributed by atoms with Gasteiger partial charge in [-0.1, -0.05) is 74.6 Å². The predicted molar refractivity (Wildman–Crippen MR) is 170 cm³/mol. The number of carbonyl (C=O) groups excluding carboxylic acids is 1. The number of anilines is 1. The largest absolute Gasteiger partial charge is 0.497 e. The second-order valence-electron chi connectivity index (χ2n) is 12.2. The number of amides is 2. The zero-order valence-corrected chi connectivity index (χ0v) is 25.0. The molecule has 2 amide bonds. The van der Waals surface area contributed by atoms with E-state index in [9.17, 15) is 4.79 Å². The number of methoxy groups -OCH3 is 1. The van der Waals surface area contributed by atoms with Crippen LogP contribution in [0.15, 0.2) is 66.7 Å². The van der Waals surface area contributed by atoms with Gasteiger partial charge in [-0.15, -0.1) is 0 Å².